The van der Waals surface area contributed by atoms with Gasteiger partial charge in [-0.25, -0.2) is 0 Å². The molecular formula is C17H19NO3. The van der Waals surface area contributed by atoms with Crippen molar-refractivity contribution in [3.05, 3.63) is 39.4 Å². The zero-order valence-electron chi connectivity index (χ0n) is 12.2. The molecule has 0 saturated heterocycles. The van der Waals surface area contributed by atoms with Gasteiger partial charge in [-0.1, -0.05) is 5.57 Å². The highest BCUT2D eigenvalue weighted by Gasteiger charge is 2.65. The van der Waals surface area contributed by atoms with E-state index in [4.69, 9.17) is 4.74 Å². The van der Waals surface area contributed by atoms with Crippen LogP contribution in [0.25, 0.3) is 6.08 Å². The summed E-state index contributed by atoms with van der Waals surface area (Å²) in [5.41, 5.74) is 2.95. The third kappa shape index (κ3) is 1.88. The fourth-order valence-corrected chi connectivity index (χ4v) is 4.49. The summed E-state index contributed by atoms with van der Waals surface area (Å²) in [4.78, 5) is 10.9. The predicted molar refractivity (Wildman–Crippen MR) is 80.1 cm³/mol. The van der Waals surface area contributed by atoms with Gasteiger partial charge in [0.2, 0.25) is 0 Å². The molecule has 0 N–H and O–H groups in total. The Morgan fingerprint density at radius 2 is 2.19 bits per heavy atom. The van der Waals surface area contributed by atoms with Gasteiger partial charge in [0.1, 0.15) is 5.75 Å². The molecule has 0 bridgehead atoms. The molecule has 4 rings (SSSR count). The van der Waals surface area contributed by atoms with Crippen molar-refractivity contribution in [2.75, 3.05) is 7.11 Å². The lowest BCUT2D eigenvalue weighted by molar-refractivity contribution is -0.385. The molecule has 0 aliphatic heterocycles. The maximum atomic E-state index is 11.3. The highest BCUT2D eigenvalue weighted by atomic mass is 16.6. The van der Waals surface area contributed by atoms with Crippen molar-refractivity contribution >= 4 is 11.8 Å². The van der Waals surface area contributed by atoms with E-state index in [1.807, 2.05) is 0 Å². The Morgan fingerprint density at radius 1 is 1.38 bits per heavy atom. The number of nitrogens with zero attached hydrogens (tertiary/aromatic N) is 1. The average Bonchev–Trinajstić information content (AvgIpc) is 3.20. The highest BCUT2D eigenvalue weighted by molar-refractivity contribution is 5.65. The second-order valence-electron chi connectivity index (χ2n) is 6.76. The number of nitro benzene ring substituents is 1. The maximum absolute atomic E-state index is 11.3. The van der Waals surface area contributed by atoms with Crippen LogP contribution < -0.4 is 4.74 Å². The van der Waals surface area contributed by atoms with Crippen LogP contribution in [0.15, 0.2) is 23.8 Å². The fourth-order valence-electron chi connectivity index (χ4n) is 4.49. The summed E-state index contributed by atoms with van der Waals surface area (Å²) in [6.45, 7) is 0. The first-order chi connectivity index (χ1) is 10.1. The highest BCUT2D eigenvalue weighted by Crippen LogP contribution is 2.74. The van der Waals surface area contributed by atoms with E-state index in [2.05, 4.69) is 6.08 Å². The second kappa shape index (κ2) is 4.33. The fraction of sp³-hybridized carbons (Fsp3) is 0.529. The van der Waals surface area contributed by atoms with Crippen molar-refractivity contribution in [1.82, 2.24) is 0 Å². The van der Waals surface area contributed by atoms with Crippen molar-refractivity contribution in [2.24, 2.45) is 17.3 Å². The van der Waals surface area contributed by atoms with Crippen molar-refractivity contribution in [1.29, 1.82) is 0 Å². The van der Waals surface area contributed by atoms with E-state index in [-0.39, 0.29) is 10.6 Å². The van der Waals surface area contributed by atoms with Crippen LogP contribution in [0.5, 0.6) is 5.75 Å². The van der Waals surface area contributed by atoms with Gasteiger partial charge in [0.15, 0.2) is 0 Å². The lowest BCUT2D eigenvalue weighted by atomic mass is 9.62. The van der Waals surface area contributed by atoms with E-state index in [0.29, 0.717) is 16.7 Å². The summed E-state index contributed by atoms with van der Waals surface area (Å²) in [5, 5.41) is 11.3. The summed E-state index contributed by atoms with van der Waals surface area (Å²) >= 11 is 0. The first-order valence-electron chi connectivity index (χ1n) is 7.64. The number of ether oxygens (including phenoxy) is 1. The van der Waals surface area contributed by atoms with Crippen molar-refractivity contribution in [3.63, 3.8) is 0 Å². The summed E-state index contributed by atoms with van der Waals surface area (Å²) in [6, 6.07) is 5.12. The van der Waals surface area contributed by atoms with Gasteiger partial charge < -0.3 is 4.74 Å². The summed E-state index contributed by atoms with van der Waals surface area (Å²) in [7, 11) is 1.53. The number of nitro groups is 1. The summed E-state index contributed by atoms with van der Waals surface area (Å²) < 4.78 is 5.09. The minimum Gasteiger partial charge on any atom is -0.497 e. The zero-order valence-corrected chi connectivity index (χ0v) is 12.2. The minimum absolute atomic E-state index is 0.142. The van der Waals surface area contributed by atoms with Crippen LogP contribution in [0, 0.1) is 27.4 Å². The maximum Gasteiger partial charge on any atom is 0.280 e. The van der Waals surface area contributed by atoms with Crippen LogP contribution in [0.4, 0.5) is 5.69 Å². The van der Waals surface area contributed by atoms with Gasteiger partial charge in [0.25, 0.3) is 5.69 Å². The van der Waals surface area contributed by atoms with Gasteiger partial charge >= 0.3 is 0 Å². The number of rotatable bonds is 3. The third-order valence-electron chi connectivity index (χ3n) is 5.86. The minimum atomic E-state index is -0.317. The first-order valence-corrected chi connectivity index (χ1v) is 7.64. The Bertz CT molecular complexity index is 651. The molecular weight excluding hydrogens is 266 g/mol. The molecule has 4 nitrogen and oxygen atoms in total. The number of benzene rings is 1. The molecule has 1 spiro atoms. The van der Waals surface area contributed by atoms with E-state index < -0.39 is 0 Å². The van der Waals surface area contributed by atoms with Crippen LogP contribution in [-0.4, -0.2) is 12.0 Å². The topological polar surface area (TPSA) is 52.4 Å². The lowest BCUT2D eigenvalue weighted by Gasteiger charge is -2.42. The Morgan fingerprint density at radius 3 is 2.81 bits per heavy atom. The van der Waals surface area contributed by atoms with Crippen LogP contribution in [-0.2, 0) is 0 Å². The first kappa shape index (κ1) is 12.9. The molecule has 4 heteroatoms. The van der Waals surface area contributed by atoms with Crippen molar-refractivity contribution in [2.45, 2.75) is 32.1 Å². The van der Waals surface area contributed by atoms with Gasteiger partial charge in [-0.3, -0.25) is 10.1 Å². The molecule has 2 unspecified atom stereocenters. The molecule has 3 aliphatic carbocycles. The number of hydrogen-bond acceptors (Lipinski definition) is 3. The SMILES string of the molecule is COc1ccc(/C=C2\CC3CCC34C[C@H]4C2)c([N+](=O)[O-])c1. The van der Waals surface area contributed by atoms with E-state index >= 15 is 0 Å². The quantitative estimate of drug-likeness (QED) is 0.618. The van der Waals surface area contributed by atoms with Crippen molar-refractivity contribution < 1.29 is 9.66 Å². The van der Waals surface area contributed by atoms with Gasteiger partial charge in [-0.15, -0.1) is 0 Å². The van der Waals surface area contributed by atoms with Gasteiger partial charge in [-0.05, 0) is 67.6 Å². The number of methoxy groups -OCH3 is 1. The molecule has 110 valence electrons. The molecule has 0 aromatic heterocycles. The lowest BCUT2D eigenvalue weighted by Crippen LogP contribution is -2.32. The molecule has 21 heavy (non-hydrogen) atoms. The van der Waals surface area contributed by atoms with Crippen LogP contribution in [0.1, 0.15) is 37.7 Å². The molecule has 0 heterocycles. The zero-order chi connectivity index (χ0) is 14.6. The molecule has 3 atom stereocenters. The Labute approximate surface area is 124 Å². The molecule has 1 aromatic rings. The van der Waals surface area contributed by atoms with E-state index in [1.54, 1.807) is 12.1 Å². The normalized spacial score (nSPS) is 34.6. The van der Waals surface area contributed by atoms with Crippen LogP contribution in [0.3, 0.4) is 0 Å². The van der Waals surface area contributed by atoms with Crippen LogP contribution in [0.2, 0.25) is 0 Å². The number of hydrogen-bond donors (Lipinski definition) is 0. The smallest absolute Gasteiger partial charge is 0.280 e. The summed E-state index contributed by atoms with van der Waals surface area (Å²) in [5.74, 6) is 2.24. The molecule has 0 amide bonds. The Balaban J connectivity index is 1.64. The van der Waals surface area contributed by atoms with E-state index in [0.717, 1.165) is 24.7 Å². The Hall–Kier alpha value is -1.84. The third-order valence-corrected chi connectivity index (χ3v) is 5.86. The standard InChI is InChI=1S/C17H19NO3/c1-21-15-3-2-12(16(9-15)18(19)20)6-11-7-13-4-5-17(13)10-14(17)8-11/h2-3,6,9,13-14H,4-5,7-8,10H2,1H3/b11-6+/t13?,14-,17?/m1/s1. The monoisotopic (exact) mass is 285 g/mol. The van der Waals surface area contributed by atoms with E-state index in [9.17, 15) is 10.1 Å². The van der Waals surface area contributed by atoms with Gasteiger partial charge in [0.05, 0.1) is 23.7 Å². The molecule has 0 radical (unpaired) electrons. The predicted octanol–water partition coefficient (Wildman–Crippen LogP) is 4.20. The van der Waals surface area contributed by atoms with Gasteiger partial charge in [0, 0.05) is 0 Å². The largest absolute Gasteiger partial charge is 0.497 e. The van der Waals surface area contributed by atoms with Crippen LogP contribution >= 0.6 is 0 Å². The number of allylic oxidation sites excluding steroid dienone is 1. The molecule has 3 aliphatic rings. The molecule has 3 fully saturated rings. The summed E-state index contributed by atoms with van der Waals surface area (Å²) in [6.07, 6.45) is 8.48. The van der Waals surface area contributed by atoms with E-state index in [1.165, 1.54) is 38.0 Å². The van der Waals surface area contributed by atoms with Gasteiger partial charge in [-0.2, -0.15) is 0 Å². The Kier molecular flexibility index (Phi) is 2.65. The average molecular weight is 285 g/mol. The molecule has 3 saturated carbocycles. The molecule has 1 aromatic carbocycles. The van der Waals surface area contributed by atoms with Crippen molar-refractivity contribution in [3.8, 4) is 5.75 Å². The second-order valence-corrected chi connectivity index (χ2v) is 6.76.